The number of aliphatic hydroxyl groups is 1. The second-order valence-corrected chi connectivity index (χ2v) is 10.8. The number of Topliss-reactive ketones (excluding diaryl/α,β-unsaturated/α-hetero) is 1. The lowest BCUT2D eigenvalue weighted by Crippen LogP contribution is -2.56. The highest BCUT2D eigenvalue weighted by atomic mass is 16.5. The van der Waals surface area contributed by atoms with E-state index in [1.165, 1.54) is 32.1 Å². The summed E-state index contributed by atoms with van der Waals surface area (Å²) in [7, 11) is 1.70. The Hall–Kier alpha value is -0.410. The van der Waals surface area contributed by atoms with E-state index in [-0.39, 0.29) is 5.41 Å². The number of hydrogen-bond donors (Lipinski definition) is 1. The van der Waals surface area contributed by atoms with Gasteiger partial charge in [-0.25, -0.2) is 0 Å². The van der Waals surface area contributed by atoms with Gasteiger partial charge in [0.25, 0.3) is 0 Å². The molecule has 0 bridgehead atoms. The van der Waals surface area contributed by atoms with Crippen molar-refractivity contribution in [2.45, 2.75) is 84.2 Å². The highest BCUT2D eigenvalue weighted by Gasteiger charge is 2.61. The molecule has 0 aliphatic heterocycles. The van der Waals surface area contributed by atoms with Crippen LogP contribution in [0.25, 0.3) is 0 Å². The number of ether oxygens (including phenoxy) is 1. The van der Waals surface area contributed by atoms with Gasteiger partial charge in [-0.2, -0.15) is 0 Å². The van der Waals surface area contributed by atoms with E-state index in [2.05, 4.69) is 13.8 Å². The van der Waals surface area contributed by atoms with Gasteiger partial charge in [-0.05, 0) is 99.2 Å². The van der Waals surface area contributed by atoms with E-state index in [9.17, 15) is 9.90 Å². The number of fused-ring (bicyclic) bond motifs is 5. The Morgan fingerprint density at radius 3 is 2.42 bits per heavy atom. The maximum absolute atomic E-state index is 12.3. The summed E-state index contributed by atoms with van der Waals surface area (Å²) in [4.78, 5) is 12.3. The first-order valence-electron chi connectivity index (χ1n) is 11.0. The summed E-state index contributed by atoms with van der Waals surface area (Å²) in [5, 5.41) is 10.9. The summed E-state index contributed by atoms with van der Waals surface area (Å²) in [5.41, 5.74) is 0.0161. The van der Waals surface area contributed by atoms with Gasteiger partial charge in [-0.15, -0.1) is 0 Å². The van der Waals surface area contributed by atoms with Crippen LogP contribution in [0.5, 0.6) is 0 Å². The first kappa shape index (κ1) is 18.9. The van der Waals surface area contributed by atoms with Gasteiger partial charge < -0.3 is 9.84 Å². The van der Waals surface area contributed by atoms with Crippen LogP contribution in [0.3, 0.4) is 0 Å². The van der Waals surface area contributed by atoms with Crippen molar-refractivity contribution in [3.8, 4) is 0 Å². The number of hydrogen-bond acceptors (Lipinski definition) is 3. The smallest absolute Gasteiger partial charge is 0.133 e. The molecular weight excluding hydrogens is 324 g/mol. The van der Waals surface area contributed by atoms with Crippen molar-refractivity contribution >= 4 is 5.78 Å². The molecule has 26 heavy (non-hydrogen) atoms. The van der Waals surface area contributed by atoms with Crippen molar-refractivity contribution in [1.82, 2.24) is 0 Å². The van der Waals surface area contributed by atoms with Crippen LogP contribution in [0.4, 0.5) is 0 Å². The van der Waals surface area contributed by atoms with Crippen molar-refractivity contribution in [3.05, 3.63) is 0 Å². The minimum Gasteiger partial charge on any atom is -0.387 e. The molecule has 0 aromatic rings. The highest BCUT2D eigenvalue weighted by Crippen LogP contribution is 2.68. The quantitative estimate of drug-likeness (QED) is 0.797. The summed E-state index contributed by atoms with van der Waals surface area (Å²) in [6.07, 6.45) is 10.4. The van der Waals surface area contributed by atoms with Crippen LogP contribution in [0, 0.1) is 40.4 Å². The van der Waals surface area contributed by atoms with E-state index < -0.39 is 5.60 Å². The fraction of sp³-hybridized carbons (Fsp3) is 0.957. The molecule has 4 fully saturated rings. The zero-order valence-corrected chi connectivity index (χ0v) is 17.2. The van der Waals surface area contributed by atoms with Gasteiger partial charge in [0, 0.05) is 13.0 Å². The minimum atomic E-state index is -0.609. The van der Waals surface area contributed by atoms with E-state index in [1.807, 2.05) is 6.92 Å². The Kier molecular flexibility index (Phi) is 4.59. The first-order chi connectivity index (χ1) is 12.2. The van der Waals surface area contributed by atoms with Gasteiger partial charge in [-0.1, -0.05) is 13.8 Å². The van der Waals surface area contributed by atoms with Crippen molar-refractivity contribution < 1.29 is 14.6 Å². The summed E-state index contributed by atoms with van der Waals surface area (Å²) < 4.78 is 5.33. The Morgan fingerprint density at radius 2 is 1.73 bits per heavy atom. The summed E-state index contributed by atoms with van der Waals surface area (Å²) >= 11 is 0. The van der Waals surface area contributed by atoms with Gasteiger partial charge in [0.05, 0.1) is 12.2 Å². The molecule has 148 valence electrons. The molecule has 8 atom stereocenters. The molecule has 4 aliphatic rings. The molecule has 1 N–H and O–H groups in total. The van der Waals surface area contributed by atoms with Crippen molar-refractivity contribution in [1.29, 1.82) is 0 Å². The number of carbonyl (C=O) groups is 1. The normalized spacial score (nSPS) is 53.5. The molecule has 0 spiro atoms. The number of methoxy groups -OCH3 is 1. The molecule has 3 nitrogen and oxygen atoms in total. The molecule has 0 amide bonds. The Balaban J connectivity index is 1.56. The zero-order chi connectivity index (χ0) is 18.7. The molecule has 4 saturated carbocycles. The number of ketones is 1. The third-order valence-corrected chi connectivity index (χ3v) is 9.72. The topological polar surface area (TPSA) is 46.5 Å². The predicted octanol–water partition coefficient (Wildman–Crippen LogP) is 4.61. The van der Waals surface area contributed by atoms with Crippen LogP contribution >= 0.6 is 0 Å². The molecule has 0 heterocycles. The Morgan fingerprint density at radius 1 is 1.00 bits per heavy atom. The second-order valence-electron chi connectivity index (χ2n) is 10.8. The van der Waals surface area contributed by atoms with E-state index >= 15 is 0 Å². The monoisotopic (exact) mass is 362 g/mol. The molecule has 3 unspecified atom stereocenters. The lowest BCUT2D eigenvalue weighted by Gasteiger charge is -2.62. The van der Waals surface area contributed by atoms with Gasteiger partial charge in [0.2, 0.25) is 0 Å². The third-order valence-electron chi connectivity index (χ3n) is 9.72. The summed E-state index contributed by atoms with van der Waals surface area (Å²) in [5.74, 6) is 3.69. The molecule has 0 aromatic heterocycles. The van der Waals surface area contributed by atoms with Crippen LogP contribution in [-0.2, 0) is 9.53 Å². The summed E-state index contributed by atoms with van der Waals surface area (Å²) in [6, 6.07) is 0. The third kappa shape index (κ3) is 2.64. The molecule has 3 heteroatoms. The largest absolute Gasteiger partial charge is 0.387 e. The highest BCUT2D eigenvalue weighted by molar-refractivity contribution is 5.79. The van der Waals surface area contributed by atoms with Gasteiger partial charge >= 0.3 is 0 Å². The van der Waals surface area contributed by atoms with E-state index in [4.69, 9.17) is 4.74 Å². The Bertz CT molecular complexity index is 574. The molecule has 0 aromatic carbocycles. The fourth-order valence-corrected chi connectivity index (χ4v) is 8.39. The maximum atomic E-state index is 12.3. The standard InChI is InChI=1S/C23H38O3/c1-15(24)18-7-8-19-17-6-5-16-13-23(25,14-26-4)12-11-21(16,2)20(17)9-10-22(18,19)3/h16-20,25H,5-14H2,1-4H3/t16-,17?,18+,19?,20?,21-,22+,23+/m0/s1. The average molecular weight is 363 g/mol. The van der Waals surface area contributed by atoms with Gasteiger partial charge in [0.15, 0.2) is 0 Å². The lowest BCUT2D eigenvalue weighted by molar-refractivity contribution is -0.163. The minimum absolute atomic E-state index is 0.252. The average Bonchev–Trinajstić information content (AvgIpc) is 2.93. The molecule has 4 aliphatic carbocycles. The van der Waals surface area contributed by atoms with E-state index in [1.54, 1.807) is 7.11 Å². The number of rotatable bonds is 3. The van der Waals surface area contributed by atoms with Crippen LogP contribution in [-0.4, -0.2) is 30.2 Å². The molecule has 0 radical (unpaired) electrons. The number of carbonyl (C=O) groups excluding carboxylic acids is 1. The molecule has 0 saturated heterocycles. The van der Waals surface area contributed by atoms with Gasteiger partial charge in [-0.3, -0.25) is 4.79 Å². The molecular formula is C23H38O3. The van der Waals surface area contributed by atoms with E-state index in [0.717, 1.165) is 43.4 Å². The second kappa shape index (κ2) is 6.30. The summed E-state index contributed by atoms with van der Waals surface area (Å²) in [6.45, 7) is 7.26. The van der Waals surface area contributed by atoms with E-state index in [0.29, 0.717) is 29.6 Å². The van der Waals surface area contributed by atoms with Gasteiger partial charge in [0.1, 0.15) is 5.78 Å². The SMILES string of the molecule is COC[C@@]1(O)CC[C@]2(C)C3CC[C@@]4(C)C(CC[C@@H]4C(C)=O)C3CC[C@H]2C1. The van der Waals surface area contributed by atoms with Crippen molar-refractivity contribution in [2.24, 2.45) is 40.4 Å². The van der Waals surface area contributed by atoms with Crippen molar-refractivity contribution in [3.63, 3.8) is 0 Å². The zero-order valence-electron chi connectivity index (χ0n) is 17.2. The van der Waals surface area contributed by atoms with Crippen LogP contribution in [0.1, 0.15) is 78.6 Å². The van der Waals surface area contributed by atoms with Crippen LogP contribution in [0.2, 0.25) is 0 Å². The van der Waals surface area contributed by atoms with Crippen LogP contribution < -0.4 is 0 Å². The Labute approximate surface area is 159 Å². The molecule has 4 rings (SSSR count). The maximum Gasteiger partial charge on any atom is 0.133 e. The first-order valence-corrected chi connectivity index (χ1v) is 11.0. The fourth-order valence-electron chi connectivity index (χ4n) is 8.39. The lowest BCUT2D eigenvalue weighted by atomic mass is 9.44. The van der Waals surface area contributed by atoms with Crippen molar-refractivity contribution in [2.75, 3.05) is 13.7 Å². The van der Waals surface area contributed by atoms with Crippen LogP contribution in [0.15, 0.2) is 0 Å². The predicted molar refractivity (Wildman–Crippen MR) is 103 cm³/mol.